The van der Waals surface area contributed by atoms with Crippen molar-refractivity contribution in [2.45, 2.75) is 45.2 Å². The molecule has 2 amide bonds. The van der Waals surface area contributed by atoms with Gasteiger partial charge in [0.05, 0.1) is 36.0 Å². The number of nitrogens with zero attached hydrogens (tertiary/aromatic N) is 2. The molecule has 1 aliphatic rings. The Balaban J connectivity index is 1.69. The van der Waals surface area contributed by atoms with Crippen molar-refractivity contribution in [1.29, 1.82) is 5.26 Å². The summed E-state index contributed by atoms with van der Waals surface area (Å²) in [6.45, 7) is 4.89. The number of fused-ring (bicyclic) bond motifs is 1. The lowest BCUT2D eigenvalue weighted by atomic mass is 9.92. The van der Waals surface area contributed by atoms with E-state index in [1.54, 1.807) is 7.11 Å². The first-order valence-corrected chi connectivity index (χ1v) is 11.4. The standard InChI is InChI=1S/C26H30N4O3/c1-4-33-21-12-13-22-23(15-27)25(30(24(22)14-21)20-6-5-7-20)18-8-10-19(11-9-18)29-26(31)28-17(2)16-32-3/h8-14,17,20H,4-7,16H2,1-3H3,(H2,28,29,31). The molecule has 7 heteroatoms. The Kier molecular flexibility index (Phi) is 6.85. The average Bonchev–Trinajstić information content (AvgIpc) is 3.07. The van der Waals surface area contributed by atoms with Gasteiger partial charge in [-0.2, -0.15) is 5.26 Å². The second-order valence-corrected chi connectivity index (χ2v) is 8.43. The number of rotatable bonds is 8. The summed E-state index contributed by atoms with van der Waals surface area (Å²) in [5, 5.41) is 16.7. The van der Waals surface area contributed by atoms with Crippen LogP contribution in [0.25, 0.3) is 22.2 Å². The fourth-order valence-electron chi connectivity index (χ4n) is 4.36. The van der Waals surface area contributed by atoms with E-state index in [9.17, 15) is 10.1 Å². The number of hydrogen-bond acceptors (Lipinski definition) is 4. The SMILES string of the molecule is CCOc1ccc2c(C#N)c(-c3ccc(NC(=O)NC(C)COC)cc3)n(C3CCC3)c2c1. The third-order valence-corrected chi connectivity index (χ3v) is 6.05. The summed E-state index contributed by atoms with van der Waals surface area (Å²) in [5.74, 6) is 0.812. The number of benzene rings is 2. The number of ether oxygens (including phenoxy) is 2. The van der Waals surface area contributed by atoms with Crippen molar-refractivity contribution in [3.05, 3.63) is 48.0 Å². The Morgan fingerprint density at radius 2 is 2.00 bits per heavy atom. The van der Waals surface area contributed by atoms with E-state index in [2.05, 4.69) is 21.3 Å². The summed E-state index contributed by atoms with van der Waals surface area (Å²) in [5.41, 5.74) is 4.27. The maximum absolute atomic E-state index is 12.2. The van der Waals surface area contributed by atoms with E-state index in [-0.39, 0.29) is 12.1 Å². The molecule has 33 heavy (non-hydrogen) atoms. The van der Waals surface area contributed by atoms with E-state index < -0.39 is 0 Å². The fourth-order valence-corrected chi connectivity index (χ4v) is 4.36. The van der Waals surface area contributed by atoms with Crippen LogP contribution in [0.3, 0.4) is 0 Å². The van der Waals surface area contributed by atoms with E-state index in [1.807, 2.05) is 56.3 Å². The molecule has 1 fully saturated rings. The molecule has 0 aliphatic heterocycles. The molecule has 2 aromatic carbocycles. The number of carbonyl (C=O) groups is 1. The molecular formula is C26H30N4O3. The van der Waals surface area contributed by atoms with Crippen LogP contribution in [-0.2, 0) is 4.74 Å². The number of nitriles is 1. The maximum Gasteiger partial charge on any atom is 0.319 e. The first-order chi connectivity index (χ1) is 16.0. The van der Waals surface area contributed by atoms with Gasteiger partial charge in [-0.15, -0.1) is 0 Å². The van der Waals surface area contributed by atoms with E-state index >= 15 is 0 Å². The molecule has 0 bridgehead atoms. The molecule has 1 unspecified atom stereocenters. The molecule has 172 valence electrons. The molecule has 1 aromatic heterocycles. The van der Waals surface area contributed by atoms with Crippen molar-refractivity contribution in [1.82, 2.24) is 9.88 Å². The van der Waals surface area contributed by atoms with Crippen LogP contribution < -0.4 is 15.4 Å². The van der Waals surface area contributed by atoms with Crippen molar-refractivity contribution in [3.63, 3.8) is 0 Å². The smallest absolute Gasteiger partial charge is 0.319 e. The van der Waals surface area contributed by atoms with Crippen LogP contribution in [0.5, 0.6) is 5.75 Å². The van der Waals surface area contributed by atoms with Gasteiger partial charge in [-0.25, -0.2) is 4.79 Å². The van der Waals surface area contributed by atoms with Crippen LogP contribution in [0.15, 0.2) is 42.5 Å². The normalized spacial score (nSPS) is 14.4. The number of aromatic nitrogens is 1. The zero-order chi connectivity index (χ0) is 23.4. The average molecular weight is 447 g/mol. The lowest BCUT2D eigenvalue weighted by molar-refractivity contribution is 0.173. The van der Waals surface area contributed by atoms with Gasteiger partial charge in [-0.05, 0) is 62.9 Å². The van der Waals surface area contributed by atoms with Crippen LogP contribution >= 0.6 is 0 Å². The van der Waals surface area contributed by atoms with Crippen LogP contribution in [0.4, 0.5) is 10.5 Å². The molecule has 0 saturated heterocycles. The van der Waals surface area contributed by atoms with Crippen molar-refractivity contribution in [2.75, 3.05) is 25.6 Å². The van der Waals surface area contributed by atoms with Crippen LogP contribution in [0, 0.1) is 11.3 Å². The molecule has 3 aromatic rings. The van der Waals surface area contributed by atoms with Crippen LogP contribution in [-0.4, -0.2) is 37.0 Å². The summed E-state index contributed by atoms with van der Waals surface area (Å²) in [6.07, 6.45) is 3.39. The summed E-state index contributed by atoms with van der Waals surface area (Å²) in [6, 6.07) is 16.0. The highest BCUT2D eigenvalue weighted by molar-refractivity contribution is 5.96. The maximum atomic E-state index is 12.2. The number of methoxy groups -OCH3 is 1. The molecule has 0 spiro atoms. The van der Waals surface area contributed by atoms with Crippen molar-refractivity contribution in [3.8, 4) is 23.1 Å². The highest BCUT2D eigenvalue weighted by Crippen LogP contribution is 2.43. The first kappa shape index (κ1) is 22.7. The van der Waals surface area contributed by atoms with Gasteiger partial charge in [-0.3, -0.25) is 0 Å². The first-order valence-electron chi connectivity index (χ1n) is 11.4. The van der Waals surface area contributed by atoms with E-state index in [0.29, 0.717) is 30.5 Å². The minimum Gasteiger partial charge on any atom is -0.494 e. The fraction of sp³-hybridized carbons (Fsp3) is 0.385. The van der Waals surface area contributed by atoms with E-state index in [4.69, 9.17) is 9.47 Å². The molecule has 4 rings (SSSR count). The van der Waals surface area contributed by atoms with E-state index in [0.717, 1.165) is 40.8 Å². The monoisotopic (exact) mass is 446 g/mol. The molecule has 1 atom stereocenters. The zero-order valence-corrected chi connectivity index (χ0v) is 19.4. The Morgan fingerprint density at radius 1 is 1.24 bits per heavy atom. The highest BCUT2D eigenvalue weighted by Gasteiger charge is 2.28. The number of nitrogens with one attached hydrogen (secondary N) is 2. The third kappa shape index (κ3) is 4.67. The van der Waals surface area contributed by atoms with Crippen LogP contribution in [0.2, 0.25) is 0 Å². The van der Waals surface area contributed by atoms with Crippen LogP contribution in [0.1, 0.15) is 44.7 Å². The Morgan fingerprint density at radius 3 is 2.61 bits per heavy atom. The minimum absolute atomic E-state index is 0.0905. The summed E-state index contributed by atoms with van der Waals surface area (Å²) in [4.78, 5) is 12.2. The second-order valence-electron chi connectivity index (χ2n) is 8.43. The van der Waals surface area contributed by atoms with Gasteiger partial charge in [0, 0.05) is 30.3 Å². The van der Waals surface area contributed by atoms with E-state index in [1.165, 1.54) is 6.42 Å². The second kappa shape index (κ2) is 9.97. The zero-order valence-electron chi connectivity index (χ0n) is 19.4. The molecular weight excluding hydrogens is 416 g/mol. The van der Waals surface area contributed by atoms with Gasteiger partial charge in [0.25, 0.3) is 0 Å². The Labute approximate surface area is 194 Å². The largest absolute Gasteiger partial charge is 0.494 e. The number of anilines is 1. The number of amides is 2. The van der Waals surface area contributed by atoms with Crippen molar-refractivity contribution in [2.24, 2.45) is 0 Å². The van der Waals surface area contributed by atoms with Gasteiger partial charge in [0.2, 0.25) is 0 Å². The quantitative estimate of drug-likeness (QED) is 0.481. The molecule has 2 N–H and O–H groups in total. The van der Waals surface area contributed by atoms with Crippen molar-refractivity contribution < 1.29 is 14.3 Å². The predicted molar refractivity (Wildman–Crippen MR) is 130 cm³/mol. The Bertz CT molecular complexity index is 1170. The van der Waals surface area contributed by atoms with Crippen molar-refractivity contribution >= 4 is 22.6 Å². The number of carbonyl (C=O) groups excluding carboxylic acids is 1. The molecule has 7 nitrogen and oxygen atoms in total. The van der Waals surface area contributed by atoms with Gasteiger partial charge in [0.1, 0.15) is 11.8 Å². The predicted octanol–water partition coefficient (Wildman–Crippen LogP) is 5.46. The molecule has 0 radical (unpaired) electrons. The van der Waals surface area contributed by atoms with Gasteiger partial charge >= 0.3 is 6.03 Å². The minimum atomic E-state index is -0.281. The summed E-state index contributed by atoms with van der Waals surface area (Å²) >= 11 is 0. The van der Waals surface area contributed by atoms with Gasteiger partial charge in [0.15, 0.2) is 0 Å². The molecule has 1 saturated carbocycles. The number of urea groups is 1. The van der Waals surface area contributed by atoms with Gasteiger partial charge < -0.3 is 24.7 Å². The topological polar surface area (TPSA) is 88.3 Å². The summed E-state index contributed by atoms with van der Waals surface area (Å²) < 4.78 is 13.1. The third-order valence-electron chi connectivity index (χ3n) is 6.05. The number of hydrogen-bond donors (Lipinski definition) is 2. The molecule has 1 heterocycles. The summed E-state index contributed by atoms with van der Waals surface area (Å²) in [7, 11) is 1.60. The highest BCUT2D eigenvalue weighted by atomic mass is 16.5. The molecule has 1 aliphatic carbocycles. The lowest BCUT2D eigenvalue weighted by Gasteiger charge is -2.30. The lowest BCUT2D eigenvalue weighted by Crippen LogP contribution is -2.38. The van der Waals surface area contributed by atoms with Gasteiger partial charge in [-0.1, -0.05) is 12.1 Å². The Hall–Kier alpha value is -3.50.